The van der Waals surface area contributed by atoms with E-state index in [-0.39, 0.29) is 18.1 Å². The van der Waals surface area contributed by atoms with Crippen LogP contribution in [-0.2, 0) is 11.2 Å². The van der Waals surface area contributed by atoms with Crippen LogP contribution in [0.3, 0.4) is 0 Å². The number of hydrogen-bond acceptors (Lipinski definition) is 4. The summed E-state index contributed by atoms with van der Waals surface area (Å²) in [4.78, 5) is 35.8. The predicted molar refractivity (Wildman–Crippen MR) is 83.7 cm³/mol. The van der Waals surface area contributed by atoms with Crippen LogP contribution >= 0.6 is 0 Å². The molecule has 0 bridgehead atoms. The van der Waals surface area contributed by atoms with Gasteiger partial charge in [0.25, 0.3) is 5.91 Å². The summed E-state index contributed by atoms with van der Waals surface area (Å²) in [6.07, 6.45) is 2.70. The molecule has 0 aliphatic heterocycles. The van der Waals surface area contributed by atoms with Gasteiger partial charge in [-0.05, 0) is 26.2 Å². The fourth-order valence-electron chi connectivity index (χ4n) is 3.07. The molecule has 2 N–H and O–H groups in total. The number of hydrogen-bond donors (Lipinski definition) is 2. The van der Waals surface area contributed by atoms with E-state index in [0.717, 1.165) is 6.42 Å². The minimum absolute atomic E-state index is 0.00792. The van der Waals surface area contributed by atoms with E-state index in [9.17, 15) is 19.5 Å². The van der Waals surface area contributed by atoms with Crippen LogP contribution in [0, 0.1) is 12.3 Å². The third kappa shape index (κ3) is 3.02. The molecular weight excluding hydrogens is 298 g/mol. The molecule has 1 aliphatic carbocycles. The maximum absolute atomic E-state index is 12.4. The van der Waals surface area contributed by atoms with Gasteiger partial charge in [0.2, 0.25) is 0 Å². The zero-order chi connectivity index (χ0) is 17.2. The van der Waals surface area contributed by atoms with Gasteiger partial charge in [-0.15, -0.1) is 0 Å². The molecule has 0 saturated carbocycles. The van der Waals surface area contributed by atoms with E-state index >= 15 is 0 Å². The van der Waals surface area contributed by atoms with Crippen molar-refractivity contribution in [2.75, 3.05) is 6.54 Å². The highest BCUT2D eigenvalue weighted by molar-refractivity contribution is 6.03. The summed E-state index contributed by atoms with van der Waals surface area (Å²) in [5.74, 6) is -0.685. The standard InChI is InChI=1S/C17H23NO5/c1-4-17(5-2,16(21)22)9-18-15(20)14-10(3)13-11(19)7-6-8-12(13)23-14/h4-9H2,1-3H3,(H,18,20)(H,21,22). The highest BCUT2D eigenvalue weighted by Crippen LogP contribution is 2.30. The van der Waals surface area contributed by atoms with E-state index in [1.165, 1.54) is 0 Å². The first kappa shape index (κ1) is 17.2. The number of rotatable bonds is 6. The summed E-state index contributed by atoms with van der Waals surface area (Å²) in [6.45, 7) is 5.32. The van der Waals surface area contributed by atoms with Crippen LogP contribution < -0.4 is 5.32 Å². The number of aryl methyl sites for hydroxylation is 1. The van der Waals surface area contributed by atoms with Crippen molar-refractivity contribution in [2.45, 2.75) is 52.9 Å². The summed E-state index contributed by atoms with van der Waals surface area (Å²) in [5.41, 5.74) is 0.0963. The molecule has 1 aromatic heterocycles. The number of carbonyl (C=O) groups excluding carboxylic acids is 2. The van der Waals surface area contributed by atoms with Gasteiger partial charge in [0.15, 0.2) is 11.5 Å². The fraction of sp³-hybridized carbons (Fsp3) is 0.588. The van der Waals surface area contributed by atoms with E-state index in [0.29, 0.717) is 42.6 Å². The monoisotopic (exact) mass is 321 g/mol. The van der Waals surface area contributed by atoms with Crippen molar-refractivity contribution in [2.24, 2.45) is 5.41 Å². The number of ketones is 1. The number of nitrogens with one attached hydrogen (secondary N) is 1. The van der Waals surface area contributed by atoms with Crippen LogP contribution in [0.1, 0.15) is 71.8 Å². The molecule has 1 amide bonds. The second-order valence-corrected chi connectivity index (χ2v) is 6.11. The Morgan fingerprint density at radius 3 is 2.43 bits per heavy atom. The third-order valence-corrected chi connectivity index (χ3v) is 4.91. The van der Waals surface area contributed by atoms with Crippen molar-refractivity contribution >= 4 is 17.7 Å². The lowest BCUT2D eigenvalue weighted by Crippen LogP contribution is -2.42. The predicted octanol–water partition coefficient (Wildman–Crippen LogP) is 2.73. The molecule has 23 heavy (non-hydrogen) atoms. The molecule has 0 unspecified atom stereocenters. The molecule has 0 saturated heterocycles. The van der Waals surface area contributed by atoms with E-state index in [2.05, 4.69) is 5.32 Å². The van der Waals surface area contributed by atoms with Gasteiger partial charge in [0.1, 0.15) is 5.76 Å². The Kier molecular flexibility index (Phi) is 4.92. The highest BCUT2D eigenvalue weighted by atomic mass is 16.4. The Balaban J connectivity index is 2.19. The Morgan fingerprint density at radius 2 is 1.91 bits per heavy atom. The van der Waals surface area contributed by atoms with Crippen molar-refractivity contribution in [3.63, 3.8) is 0 Å². The lowest BCUT2D eigenvalue weighted by Gasteiger charge is -2.26. The normalized spacial score (nSPS) is 14.5. The van der Waals surface area contributed by atoms with E-state index < -0.39 is 17.3 Å². The summed E-state index contributed by atoms with van der Waals surface area (Å²) in [5, 5.41) is 12.1. The van der Waals surface area contributed by atoms with Crippen LogP contribution in [0.2, 0.25) is 0 Å². The number of carboxylic acid groups (broad SMARTS) is 1. The minimum atomic E-state index is -0.981. The number of fused-ring (bicyclic) bond motifs is 1. The number of aliphatic carboxylic acids is 1. The molecule has 1 aromatic rings. The van der Waals surface area contributed by atoms with Crippen molar-refractivity contribution in [3.8, 4) is 0 Å². The van der Waals surface area contributed by atoms with Gasteiger partial charge >= 0.3 is 5.97 Å². The van der Waals surface area contributed by atoms with Crippen molar-refractivity contribution in [3.05, 3.63) is 22.6 Å². The van der Waals surface area contributed by atoms with Crippen LogP contribution in [-0.4, -0.2) is 29.3 Å². The first-order chi connectivity index (χ1) is 10.9. The van der Waals surface area contributed by atoms with Gasteiger partial charge in [-0.3, -0.25) is 14.4 Å². The molecule has 0 radical (unpaired) electrons. The van der Waals surface area contributed by atoms with Crippen molar-refractivity contribution in [1.29, 1.82) is 0 Å². The first-order valence-electron chi connectivity index (χ1n) is 8.03. The molecule has 2 rings (SSSR count). The van der Waals surface area contributed by atoms with Gasteiger partial charge in [0, 0.05) is 24.9 Å². The van der Waals surface area contributed by atoms with E-state index in [1.807, 2.05) is 0 Å². The zero-order valence-corrected chi connectivity index (χ0v) is 13.8. The first-order valence-corrected chi connectivity index (χ1v) is 8.03. The summed E-state index contributed by atoms with van der Waals surface area (Å²) >= 11 is 0. The largest absolute Gasteiger partial charge is 0.481 e. The van der Waals surface area contributed by atoms with Gasteiger partial charge in [-0.1, -0.05) is 13.8 Å². The maximum Gasteiger partial charge on any atom is 0.311 e. The smallest absolute Gasteiger partial charge is 0.311 e. The second-order valence-electron chi connectivity index (χ2n) is 6.11. The fourth-order valence-corrected chi connectivity index (χ4v) is 3.07. The summed E-state index contributed by atoms with van der Waals surface area (Å²) < 4.78 is 5.58. The quantitative estimate of drug-likeness (QED) is 0.839. The van der Waals surface area contributed by atoms with Crippen LogP contribution in [0.25, 0.3) is 0 Å². The van der Waals surface area contributed by atoms with Gasteiger partial charge < -0.3 is 14.8 Å². The summed E-state index contributed by atoms with van der Waals surface area (Å²) in [7, 11) is 0. The molecule has 0 spiro atoms. The van der Waals surface area contributed by atoms with E-state index in [4.69, 9.17) is 4.42 Å². The molecule has 1 heterocycles. The minimum Gasteiger partial charge on any atom is -0.481 e. The Bertz CT molecular complexity index is 640. The topological polar surface area (TPSA) is 96.6 Å². The lowest BCUT2D eigenvalue weighted by atomic mass is 9.82. The number of carbonyl (C=O) groups is 3. The van der Waals surface area contributed by atoms with Gasteiger partial charge in [-0.2, -0.15) is 0 Å². The van der Waals surface area contributed by atoms with Gasteiger partial charge in [0.05, 0.1) is 11.0 Å². The average molecular weight is 321 g/mol. The summed E-state index contributed by atoms with van der Waals surface area (Å²) in [6, 6.07) is 0. The molecule has 6 nitrogen and oxygen atoms in total. The molecule has 0 fully saturated rings. The number of Topliss-reactive ketones (excluding diaryl/α,β-unsaturated/α-hetero) is 1. The maximum atomic E-state index is 12.4. The molecule has 0 atom stereocenters. The second kappa shape index (κ2) is 6.56. The molecule has 1 aliphatic rings. The lowest BCUT2D eigenvalue weighted by molar-refractivity contribution is -0.149. The highest BCUT2D eigenvalue weighted by Gasteiger charge is 2.36. The van der Waals surface area contributed by atoms with Crippen LogP contribution in [0.4, 0.5) is 0 Å². The molecular formula is C17H23NO5. The number of amides is 1. The SMILES string of the molecule is CCC(CC)(CNC(=O)c1oc2c(c1C)C(=O)CCC2)C(=O)O. The Labute approximate surface area is 135 Å². The molecule has 126 valence electrons. The third-order valence-electron chi connectivity index (χ3n) is 4.91. The average Bonchev–Trinajstić information content (AvgIpc) is 2.86. The Hall–Kier alpha value is -2.11. The molecule has 6 heteroatoms. The zero-order valence-electron chi connectivity index (χ0n) is 13.8. The van der Waals surface area contributed by atoms with Crippen LogP contribution in [0.5, 0.6) is 0 Å². The number of carboxylic acids is 1. The number of furan rings is 1. The van der Waals surface area contributed by atoms with Crippen molar-refractivity contribution < 1.29 is 23.9 Å². The van der Waals surface area contributed by atoms with Crippen molar-refractivity contribution in [1.82, 2.24) is 5.32 Å². The van der Waals surface area contributed by atoms with Crippen LogP contribution in [0.15, 0.2) is 4.42 Å². The molecule has 0 aromatic carbocycles. The van der Waals surface area contributed by atoms with E-state index in [1.54, 1.807) is 20.8 Å². The van der Waals surface area contributed by atoms with Gasteiger partial charge in [-0.25, -0.2) is 0 Å². The Morgan fingerprint density at radius 1 is 1.26 bits per heavy atom.